The van der Waals surface area contributed by atoms with Crippen molar-refractivity contribution in [3.05, 3.63) is 0 Å². The van der Waals surface area contributed by atoms with E-state index in [1.807, 2.05) is 0 Å². The van der Waals surface area contributed by atoms with E-state index < -0.39 is 0 Å². The fourth-order valence-electron chi connectivity index (χ4n) is 3.20. The Bertz CT molecular complexity index is 196. The van der Waals surface area contributed by atoms with Crippen molar-refractivity contribution in [1.82, 2.24) is 5.32 Å². The van der Waals surface area contributed by atoms with Crippen molar-refractivity contribution in [2.24, 2.45) is 11.3 Å². The fourth-order valence-corrected chi connectivity index (χ4v) is 3.20. The molecule has 2 aliphatic carbocycles. The molecule has 2 unspecified atom stereocenters. The predicted molar refractivity (Wildman–Crippen MR) is 66.0 cm³/mol. The monoisotopic (exact) mass is 209 g/mol. The quantitative estimate of drug-likeness (QED) is 0.744. The minimum Gasteiger partial charge on any atom is -0.313 e. The van der Waals surface area contributed by atoms with Gasteiger partial charge in [-0.05, 0) is 37.0 Å². The van der Waals surface area contributed by atoms with Crippen LogP contribution in [0.1, 0.15) is 65.2 Å². The van der Waals surface area contributed by atoms with Crippen LogP contribution in [0.5, 0.6) is 0 Å². The maximum atomic E-state index is 3.83. The second-order valence-corrected chi connectivity index (χ2v) is 6.18. The summed E-state index contributed by atoms with van der Waals surface area (Å²) in [5, 5.41) is 3.83. The van der Waals surface area contributed by atoms with E-state index in [-0.39, 0.29) is 0 Å². The van der Waals surface area contributed by atoms with E-state index in [9.17, 15) is 0 Å². The van der Waals surface area contributed by atoms with E-state index >= 15 is 0 Å². The van der Waals surface area contributed by atoms with Crippen LogP contribution in [-0.2, 0) is 0 Å². The number of nitrogens with one attached hydrogen (secondary N) is 1. The first kappa shape index (κ1) is 11.4. The molecule has 15 heavy (non-hydrogen) atoms. The van der Waals surface area contributed by atoms with Gasteiger partial charge in [0.15, 0.2) is 0 Å². The summed E-state index contributed by atoms with van der Waals surface area (Å²) in [6.07, 6.45) is 11.5. The molecule has 0 aromatic rings. The molecule has 2 rings (SSSR count). The van der Waals surface area contributed by atoms with E-state index in [4.69, 9.17) is 0 Å². The zero-order chi connectivity index (χ0) is 10.7. The van der Waals surface area contributed by atoms with E-state index in [2.05, 4.69) is 19.2 Å². The highest BCUT2D eigenvalue weighted by atomic mass is 14.9. The molecule has 2 saturated carbocycles. The molecule has 0 aliphatic heterocycles. The van der Waals surface area contributed by atoms with Crippen molar-refractivity contribution in [3.63, 3.8) is 0 Å². The molecule has 0 radical (unpaired) electrons. The molecule has 1 N–H and O–H groups in total. The maximum Gasteiger partial charge on any atom is 0.00699 e. The zero-order valence-corrected chi connectivity index (χ0v) is 10.5. The largest absolute Gasteiger partial charge is 0.313 e. The second kappa shape index (κ2) is 4.86. The van der Waals surface area contributed by atoms with Gasteiger partial charge in [0.2, 0.25) is 0 Å². The highest BCUT2D eigenvalue weighted by Gasteiger charge is 2.32. The molecule has 2 atom stereocenters. The topological polar surface area (TPSA) is 12.0 Å². The molecule has 0 aromatic heterocycles. The molecule has 1 heteroatoms. The van der Waals surface area contributed by atoms with Crippen molar-refractivity contribution in [3.8, 4) is 0 Å². The van der Waals surface area contributed by atoms with Crippen LogP contribution in [0.3, 0.4) is 0 Å². The molecule has 0 aromatic carbocycles. The van der Waals surface area contributed by atoms with Crippen LogP contribution in [0.15, 0.2) is 0 Å². The average Bonchev–Trinajstić information content (AvgIpc) is 2.24. The van der Waals surface area contributed by atoms with Crippen molar-refractivity contribution >= 4 is 0 Å². The first-order chi connectivity index (χ1) is 7.22. The number of rotatable bonds is 4. The molecule has 2 fully saturated rings. The van der Waals surface area contributed by atoms with E-state index in [0.29, 0.717) is 5.41 Å². The van der Waals surface area contributed by atoms with Gasteiger partial charge in [-0.15, -0.1) is 0 Å². The van der Waals surface area contributed by atoms with Crippen molar-refractivity contribution in [2.45, 2.75) is 71.3 Å². The van der Waals surface area contributed by atoms with Crippen LogP contribution >= 0.6 is 0 Å². The number of hydrogen-bond acceptors (Lipinski definition) is 1. The van der Waals surface area contributed by atoms with Crippen LogP contribution in [0.25, 0.3) is 0 Å². The van der Waals surface area contributed by atoms with Crippen molar-refractivity contribution in [1.29, 1.82) is 0 Å². The van der Waals surface area contributed by atoms with Gasteiger partial charge in [0.25, 0.3) is 0 Å². The Morgan fingerprint density at radius 1 is 1.20 bits per heavy atom. The lowest BCUT2D eigenvalue weighted by Gasteiger charge is -2.40. The fraction of sp³-hybridized carbons (Fsp3) is 1.00. The average molecular weight is 209 g/mol. The summed E-state index contributed by atoms with van der Waals surface area (Å²) in [4.78, 5) is 0. The van der Waals surface area contributed by atoms with Crippen LogP contribution < -0.4 is 5.32 Å². The van der Waals surface area contributed by atoms with Gasteiger partial charge in [0, 0.05) is 12.6 Å². The van der Waals surface area contributed by atoms with Gasteiger partial charge in [-0.25, -0.2) is 0 Å². The lowest BCUT2D eigenvalue weighted by atomic mass is 9.70. The molecule has 2 aliphatic rings. The molecule has 0 amide bonds. The molecule has 88 valence electrons. The SMILES string of the molecule is CCC1CCCC(NCC2(C)CCC2)C1. The van der Waals surface area contributed by atoms with Gasteiger partial charge < -0.3 is 5.32 Å². The van der Waals surface area contributed by atoms with Crippen LogP contribution in [-0.4, -0.2) is 12.6 Å². The maximum absolute atomic E-state index is 3.83. The standard InChI is InChI=1S/C14H27N/c1-3-12-6-4-7-13(10-12)15-11-14(2)8-5-9-14/h12-13,15H,3-11H2,1-2H3. The predicted octanol–water partition coefficient (Wildman–Crippen LogP) is 3.74. The molecule has 0 saturated heterocycles. The normalized spacial score (nSPS) is 34.8. The molecule has 0 bridgehead atoms. The summed E-state index contributed by atoms with van der Waals surface area (Å²) >= 11 is 0. The van der Waals surface area contributed by atoms with E-state index in [1.165, 1.54) is 57.9 Å². The van der Waals surface area contributed by atoms with E-state index in [0.717, 1.165) is 12.0 Å². The smallest absolute Gasteiger partial charge is 0.00699 e. The van der Waals surface area contributed by atoms with E-state index in [1.54, 1.807) is 0 Å². The van der Waals surface area contributed by atoms with Crippen LogP contribution in [0, 0.1) is 11.3 Å². The van der Waals surface area contributed by atoms with Gasteiger partial charge in [0.05, 0.1) is 0 Å². The summed E-state index contributed by atoms with van der Waals surface area (Å²) in [5.41, 5.74) is 0.652. The van der Waals surface area contributed by atoms with Gasteiger partial charge in [-0.3, -0.25) is 0 Å². The summed E-state index contributed by atoms with van der Waals surface area (Å²) in [6.45, 7) is 6.07. The van der Waals surface area contributed by atoms with Crippen LogP contribution in [0.4, 0.5) is 0 Å². The second-order valence-electron chi connectivity index (χ2n) is 6.18. The first-order valence-electron chi connectivity index (χ1n) is 6.95. The lowest BCUT2D eigenvalue weighted by molar-refractivity contribution is 0.141. The number of hydrogen-bond donors (Lipinski definition) is 1. The van der Waals surface area contributed by atoms with Crippen molar-refractivity contribution in [2.75, 3.05) is 6.54 Å². The van der Waals surface area contributed by atoms with Crippen molar-refractivity contribution < 1.29 is 0 Å². The Labute approximate surface area is 95.0 Å². The summed E-state index contributed by atoms with van der Waals surface area (Å²) in [5.74, 6) is 1.01. The Balaban J connectivity index is 1.69. The lowest BCUT2D eigenvalue weighted by Crippen LogP contribution is -2.43. The minimum absolute atomic E-state index is 0.652. The molecule has 1 nitrogen and oxygen atoms in total. The Morgan fingerprint density at radius 3 is 2.60 bits per heavy atom. The Morgan fingerprint density at radius 2 is 2.00 bits per heavy atom. The minimum atomic E-state index is 0.652. The van der Waals surface area contributed by atoms with Gasteiger partial charge in [-0.2, -0.15) is 0 Å². The van der Waals surface area contributed by atoms with Gasteiger partial charge in [0.1, 0.15) is 0 Å². The summed E-state index contributed by atoms with van der Waals surface area (Å²) in [7, 11) is 0. The van der Waals surface area contributed by atoms with Crippen LogP contribution in [0.2, 0.25) is 0 Å². The Hall–Kier alpha value is -0.0400. The molecule has 0 spiro atoms. The third-order valence-electron chi connectivity index (χ3n) is 4.74. The molecule has 0 heterocycles. The summed E-state index contributed by atoms with van der Waals surface area (Å²) < 4.78 is 0. The zero-order valence-electron chi connectivity index (χ0n) is 10.5. The third kappa shape index (κ3) is 2.96. The molecular weight excluding hydrogens is 182 g/mol. The highest BCUT2D eigenvalue weighted by molar-refractivity contribution is 4.87. The van der Waals surface area contributed by atoms with Gasteiger partial charge in [-0.1, -0.05) is 39.5 Å². The third-order valence-corrected chi connectivity index (χ3v) is 4.74. The molecular formula is C14H27N. The Kier molecular flexibility index (Phi) is 3.71. The van der Waals surface area contributed by atoms with Gasteiger partial charge >= 0.3 is 0 Å². The summed E-state index contributed by atoms with van der Waals surface area (Å²) in [6, 6.07) is 0.834. The highest BCUT2D eigenvalue weighted by Crippen LogP contribution is 2.40. The first-order valence-corrected chi connectivity index (χ1v) is 6.95.